The van der Waals surface area contributed by atoms with E-state index in [1.165, 1.54) is 0 Å². The minimum atomic E-state index is -0.558. The predicted molar refractivity (Wildman–Crippen MR) is 54.8 cm³/mol. The van der Waals surface area contributed by atoms with Crippen molar-refractivity contribution in [2.45, 2.75) is 26.0 Å². The third-order valence-electron chi connectivity index (χ3n) is 2.12. The van der Waals surface area contributed by atoms with Crippen molar-refractivity contribution in [2.24, 2.45) is 5.73 Å². The Labute approximate surface area is 83.3 Å². The highest BCUT2D eigenvalue weighted by molar-refractivity contribution is 6.30. The first-order valence-electron chi connectivity index (χ1n) is 4.22. The van der Waals surface area contributed by atoms with Crippen LogP contribution in [0.4, 0.5) is 0 Å². The number of aryl methyl sites for hydroxylation is 1. The summed E-state index contributed by atoms with van der Waals surface area (Å²) in [6.07, 6.45) is -0.558. The molecule has 2 atom stereocenters. The summed E-state index contributed by atoms with van der Waals surface area (Å²) in [6, 6.07) is 5.15. The molecule has 1 aromatic rings. The number of aliphatic hydroxyl groups excluding tert-OH is 1. The molecule has 0 saturated heterocycles. The van der Waals surface area contributed by atoms with E-state index in [-0.39, 0.29) is 6.04 Å². The Morgan fingerprint density at radius 3 is 2.62 bits per heavy atom. The van der Waals surface area contributed by atoms with Crippen LogP contribution in [0.15, 0.2) is 18.2 Å². The first-order chi connectivity index (χ1) is 6.02. The van der Waals surface area contributed by atoms with Gasteiger partial charge in [-0.2, -0.15) is 0 Å². The summed E-state index contributed by atoms with van der Waals surface area (Å²) in [4.78, 5) is 0. The van der Waals surface area contributed by atoms with Crippen molar-refractivity contribution >= 4 is 11.6 Å². The lowest BCUT2D eigenvalue weighted by Gasteiger charge is -2.17. The number of nitrogens with two attached hydrogens (primary N) is 1. The first kappa shape index (κ1) is 10.5. The zero-order valence-corrected chi connectivity index (χ0v) is 8.55. The van der Waals surface area contributed by atoms with E-state index in [0.29, 0.717) is 5.02 Å². The second kappa shape index (κ2) is 4.09. The summed E-state index contributed by atoms with van der Waals surface area (Å²) < 4.78 is 0. The van der Waals surface area contributed by atoms with Crippen LogP contribution in [0.5, 0.6) is 0 Å². The summed E-state index contributed by atoms with van der Waals surface area (Å²) in [5.41, 5.74) is 7.76. The van der Waals surface area contributed by atoms with Gasteiger partial charge in [0.15, 0.2) is 0 Å². The van der Waals surface area contributed by atoms with Crippen LogP contribution in [0.2, 0.25) is 5.02 Å². The Bertz CT molecular complexity index is 299. The fourth-order valence-corrected chi connectivity index (χ4v) is 1.41. The van der Waals surface area contributed by atoms with Crippen LogP contribution in [0.1, 0.15) is 24.1 Å². The van der Waals surface area contributed by atoms with E-state index in [2.05, 4.69) is 0 Å². The Morgan fingerprint density at radius 1 is 1.46 bits per heavy atom. The van der Waals surface area contributed by atoms with Crippen molar-refractivity contribution < 1.29 is 5.11 Å². The summed E-state index contributed by atoms with van der Waals surface area (Å²) in [7, 11) is 0. The smallest absolute Gasteiger partial charge is 0.0704 e. The second-order valence-corrected chi connectivity index (χ2v) is 3.70. The summed E-state index contributed by atoms with van der Waals surface area (Å²) in [6.45, 7) is 3.62. The van der Waals surface area contributed by atoms with E-state index in [4.69, 9.17) is 17.3 Å². The maximum absolute atomic E-state index is 9.32. The standard InChI is InChI=1S/C10H14ClNO/c1-6-3-4-8(11)5-9(6)10(12)7(2)13/h3-5,7,10,13H,12H2,1-2H3/t7-,10+/m0/s1. The molecule has 0 bridgehead atoms. The zero-order chi connectivity index (χ0) is 10.0. The third kappa shape index (κ3) is 2.44. The zero-order valence-electron chi connectivity index (χ0n) is 7.79. The molecule has 1 aromatic carbocycles. The van der Waals surface area contributed by atoms with Gasteiger partial charge in [-0.05, 0) is 37.1 Å². The molecule has 0 aliphatic rings. The maximum Gasteiger partial charge on any atom is 0.0704 e. The molecule has 0 unspecified atom stereocenters. The van der Waals surface area contributed by atoms with Gasteiger partial charge in [0.1, 0.15) is 0 Å². The normalized spacial score (nSPS) is 15.5. The fraction of sp³-hybridized carbons (Fsp3) is 0.400. The molecule has 0 spiro atoms. The Balaban J connectivity index is 3.05. The lowest BCUT2D eigenvalue weighted by molar-refractivity contribution is 0.164. The van der Waals surface area contributed by atoms with Gasteiger partial charge in [0.05, 0.1) is 12.1 Å². The third-order valence-corrected chi connectivity index (χ3v) is 2.36. The number of halogens is 1. The molecule has 0 fully saturated rings. The van der Waals surface area contributed by atoms with E-state index in [9.17, 15) is 5.11 Å². The number of rotatable bonds is 2. The molecule has 0 saturated carbocycles. The van der Waals surface area contributed by atoms with E-state index in [0.717, 1.165) is 11.1 Å². The van der Waals surface area contributed by atoms with Gasteiger partial charge in [0.25, 0.3) is 0 Å². The SMILES string of the molecule is Cc1ccc(Cl)cc1[C@H](N)[C@H](C)O. The predicted octanol–water partition coefficient (Wildman–Crippen LogP) is 2.03. The average molecular weight is 200 g/mol. The number of hydrogen-bond acceptors (Lipinski definition) is 2. The van der Waals surface area contributed by atoms with E-state index < -0.39 is 6.10 Å². The van der Waals surface area contributed by atoms with Crippen molar-refractivity contribution in [3.8, 4) is 0 Å². The van der Waals surface area contributed by atoms with Crippen LogP contribution in [0, 0.1) is 6.92 Å². The molecule has 2 nitrogen and oxygen atoms in total. The summed E-state index contributed by atoms with van der Waals surface area (Å²) >= 11 is 5.83. The van der Waals surface area contributed by atoms with Gasteiger partial charge in [-0.25, -0.2) is 0 Å². The topological polar surface area (TPSA) is 46.2 Å². The highest BCUT2D eigenvalue weighted by Crippen LogP contribution is 2.22. The minimum Gasteiger partial charge on any atom is -0.391 e. The molecule has 3 heteroatoms. The van der Waals surface area contributed by atoms with Gasteiger partial charge in [-0.3, -0.25) is 0 Å². The molecule has 0 aromatic heterocycles. The van der Waals surface area contributed by atoms with Gasteiger partial charge >= 0.3 is 0 Å². The highest BCUT2D eigenvalue weighted by Gasteiger charge is 2.14. The van der Waals surface area contributed by atoms with Crippen molar-refractivity contribution in [3.63, 3.8) is 0 Å². The van der Waals surface area contributed by atoms with Gasteiger partial charge in [0, 0.05) is 5.02 Å². The molecule has 0 aliphatic carbocycles. The van der Waals surface area contributed by atoms with Gasteiger partial charge < -0.3 is 10.8 Å². The molecular formula is C10H14ClNO. The molecule has 3 N–H and O–H groups in total. The van der Waals surface area contributed by atoms with Crippen LogP contribution in [-0.2, 0) is 0 Å². The lowest BCUT2D eigenvalue weighted by Crippen LogP contribution is -2.23. The Morgan fingerprint density at radius 2 is 2.08 bits per heavy atom. The maximum atomic E-state index is 9.32. The number of benzene rings is 1. The van der Waals surface area contributed by atoms with Gasteiger partial charge in [0.2, 0.25) is 0 Å². The van der Waals surface area contributed by atoms with Crippen LogP contribution in [0.25, 0.3) is 0 Å². The van der Waals surface area contributed by atoms with Crippen molar-refractivity contribution in [3.05, 3.63) is 34.3 Å². The first-order valence-corrected chi connectivity index (χ1v) is 4.60. The highest BCUT2D eigenvalue weighted by atomic mass is 35.5. The largest absolute Gasteiger partial charge is 0.391 e. The van der Waals surface area contributed by atoms with E-state index in [1.807, 2.05) is 19.1 Å². The molecule has 0 amide bonds. The Hall–Kier alpha value is -0.570. The van der Waals surface area contributed by atoms with Gasteiger partial charge in [-0.1, -0.05) is 17.7 Å². The van der Waals surface area contributed by atoms with E-state index in [1.54, 1.807) is 13.0 Å². The quantitative estimate of drug-likeness (QED) is 0.766. The molecule has 0 radical (unpaired) electrons. The number of hydrogen-bond donors (Lipinski definition) is 2. The van der Waals surface area contributed by atoms with Crippen molar-refractivity contribution in [2.75, 3.05) is 0 Å². The van der Waals surface area contributed by atoms with Crippen LogP contribution in [0.3, 0.4) is 0 Å². The molecule has 1 rings (SSSR count). The lowest BCUT2D eigenvalue weighted by atomic mass is 9.99. The molecule has 72 valence electrons. The number of aliphatic hydroxyl groups is 1. The monoisotopic (exact) mass is 199 g/mol. The molecule has 0 heterocycles. The summed E-state index contributed by atoms with van der Waals surface area (Å²) in [5.74, 6) is 0. The minimum absolute atomic E-state index is 0.362. The molecule has 0 aliphatic heterocycles. The fourth-order valence-electron chi connectivity index (χ4n) is 1.23. The average Bonchev–Trinajstić information content (AvgIpc) is 2.08. The molecule has 13 heavy (non-hydrogen) atoms. The van der Waals surface area contributed by atoms with Gasteiger partial charge in [-0.15, -0.1) is 0 Å². The van der Waals surface area contributed by atoms with E-state index >= 15 is 0 Å². The van der Waals surface area contributed by atoms with Crippen LogP contribution in [-0.4, -0.2) is 11.2 Å². The van der Waals surface area contributed by atoms with Crippen molar-refractivity contribution in [1.29, 1.82) is 0 Å². The summed E-state index contributed by atoms with van der Waals surface area (Å²) in [5, 5.41) is 9.97. The van der Waals surface area contributed by atoms with Crippen molar-refractivity contribution in [1.82, 2.24) is 0 Å². The van der Waals surface area contributed by atoms with Crippen LogP contribution < -0.4 is 5.73 Å². The van der Waals surface area contributed by atoms with Crippen LogP contribution >= 0.6 is 11.6 Å². The second-order valence-electron chi connectivity index (χ2n) is 3.27. The Kier molecular flexibility index (Phi) is 3.31. The molecular weight excluding hydrogens is 186 g/mol.